The number of para-hydroxylation sites is 2. The van der Waals surface area contributed by atoms with Crippen LogP contribution in [-0.2, 0) is 75.8 Å². The fourth-order valence-electron chi connectivity index (χ4n) is 15.1. The van der Waals surface area contributed by atoms with E-state index in [1.165, 1.54) is 150 Å². The molecule has 1 heterocycles. The van der Waals surface area contributed by atoms with Crippen molar-refractivity contribution in [2.75, 3.05) is 0 Å². The molecule has 0 aliphatic rings. The lowest BCUT2D eigenvalue weighted by Gasteiger charge is -2.29. The molecule has 0 saturated heterocycles. The third-order valence-electron chi connectivity index (χ3n) is 24.5. The smallest absolute Gasteiger partial charge is 0.0541 e. The summed E-state index contributed by atoms with van der Waals surface area (Å²) in [5, 5.41) is 2.62. The Morgan fingerprint density at radius 2 is 0.276 bits per heavy atom. The molecule has 0 amide bonds. The number of benzene rings is 11. The first kappa shape index (κ1) is 99.6. The topological polar surface area (TPSA) is 4.93 Å². The average molecular weight is 1650 g/mol. The van der Waals surface area contributed by atoms with Crippen LogP contribution in [0, 0.1) is 0 Å². The number of nitrogens with zero attached hydrogens (tertiary/aromatic N) is 1. The molecule has 11 aromatic carbocycles. The second kappa shape index (κ2) is 36.3. The first-order valence-electron chi connectivity index (χ1n) is 46.0. The second-order valence-corrected chi connectivity index (χ2v) is 50.1. The minimum Gasteiger partial charge on any atom is -0.309 e. The predicted molar refractivity (Wildman–Crippen MR) is 550 cm³/mol. The summed E-state index contributed by atoms with van der Waals surface area (Å²) in [5.74, 6) is 0. The molecule has 0 spiro atoms. The molecule has 0 N–H and O–H groups in total. The molecular formula is C122H165N. The summed E-state index contributed by atoms with van der Waals surface area (Å²) in [6.45, 7) is 96.2. The van der Waals surface area contributed by atoms with Crippen molar-refractivity contribution in [3.63, 3.8) is 0 Å². The fraction of sp³-hybridized carbons (Fsp3) is 0.459. The largest absolute Gasteiger partial charge is 0.309 e. The van der Waals surface area contributed by atoms with Gasteiger partial charge in [0.25, 0.3) is 0 Å². The molecule has 0 radical (unpaired) electrons. The van der Waals surface area contributed by atoms with Gasteiger partial charge in [0.05, 0.1) is 11.0 Å². The van der Waals surface area contributed by atoms with Crippen molar-refractivity contribution in [1.29, 1.82) is 0 Å². The highest BCUT2D eigenvalue weighted by atomic mass is 15.0. The lowest BCUT2D eigenvalue weighted by Crippen LogP contribution is -2.20. The zero-order valence-corrected chi connectivity index (χ0v) is 85.5. The molecular weight excluding hydrogens is 1480 g/mol. The van der Waals surface area contributed by atoms with Crippen LogP contribution >= 0.6 is 0 Å². The van der Waals surface area contributed by atoms with Crippen LogP contribution in [0.1, 0.15) is 369 Å². The Morgan fingerprint density at radius 3 is 0.472 bits per heavy atom. The molecule has 0 bridgehead atoms. The molecule has 0 unspecified atom stereocenters. The Morgan fingerprint density at radius 1 is 0.130 bits per heavy atom. The molecule has 1 aromatic heterocycles. The van der Waals surface area contributed by atoms with E-state index in [9.17, 15) is 0 Å². The number of hydrogen-bond donors (Lipinski definition) is 0. The van der Waals surface area contributed by atoms with E-state index in [2.05, 4.69) is 532 Å². The van der Waals surface area contributed by atoms with Crippen molar-refractivity contribution >= 4 is 21.8 Å². The van der Waals surface area contributed by atoms with Crippen LogP contribution in [0.5, 0.6) is 0 Å². The van der Waals surface area contributed by atoms with Crippen LogP contribution in [-0.4, -0.2) is 4.57 Å². The van der Waals surface area contributed by atoms with Gasteiger partial charge < -0.3 is 4.57 Å². The molecule has 12 rings (SSSR count). The van der Waals surface area contributed by atoms with Crippen molar-refractivity contribution in [1.82, 2.24) is 4.57 Å². The summed E-state index contributed by atoms with van der Waals surface area (Å²) in [6, 6.07) is 89.4. The van der Waals surface area contributed by atoms with Crippen molar-refractivity contribution in [2.24, 2.45) is 0 Å². The highest BCUT2D eigenvalue weighted by Gasteiger charge is 2.29. The van der Waals surface area contributed by atoms with E-state index >= 15 is 0 Å². The van der Waals surface area contributed by atoms with E-state index in [0.717, 1.165) is 0 Å². The summed E-state index contributed by atoms with van der Waals surface area (Å²) >= 11 is 0. The zero-order valence-electron chi connectivity index (χ0n) is 85.5. The molecule has 0 saturated carbocycles. The van der Waals surface area contributed by atoms with Crippen molar-refractivity contribution in [3.8, 4) is 50.2 Å². The molecule has 123 heavy (non-hydrogen) atoms. The zero-order chi connectivity index (χ0) is 92.7. The minimum absolute atomic E-state index is 0.0494. The maximum atomic E-state index is 2.43. The molecule has 658 valence electrons. The Labute approximate surface area is 752 Å². The van der Waals surface area contributed by atoms with E-state index in [0.29, 0.717) is 0 Å². The number of rotatable bonds is 5. The monoisotopic (exact) mass is 1640 g/mol. The van der Waals surface area contributed by atoms with Crippen molar-refractivity contribution < 1.29 is 0 Å². The van der Waals surface area contributed by atoms with E-state index in [1.807, 2.05) is 0 Å². The maximum Gasteiger partial charge on any atom is 0.0541 e. The van der Waals surface area contributed by atoms with Gasteiger partial charge in [-0.15, -0.1) is 0 Å². The van der Waals surface area contributed by atoms with Crippen LogP contribution in [0.2, 0.25) is 0 Å². The third-order valence-corrected chi connectivity index (χ3v) is 24.5. The van der Waals surface area contributed by atoms with E-state index in [1.54, 1.807) is 0 Å². The normalized spacial score (nSPS) is 13.1. The number of aromatic nitrogens is 1. The number of hydrogen-bond acceptors (Lipinski definition) is 0. The molecule has 1 heteroatoms. The second-order valence-electron chi connectivity index (χ2n) is 50.1. The van der Waals surface area contributed by atoms with Crippen LogP contribution in [0.4, 0.5) is 0 Å². The average Bonchev–Trinajstić information content (AvgIpc) is 1.70. The lowest BCUT2D eigenvalue weighted by molar-refractivity contribution is 0.548. The first-order chi connectivity index (χ1) is 55.8. The van der Waals surface area contributed by atoms with E-state index in [-0.39, 0.29) is 75.8 Å². The summed E-state index contributed by atoms with van der Waals surface area (Å²) in [4.78, 5) is 0. The van der Waals surface area contributed by atoms with Gasteiger partial charge in [-0.25, -0.2) is 0 Å². The molecule has 1 nitrogen and oxygen atoms in total. The summed E-state index contributed by atoms with van der Waals surface area (Å²) in [6.07, 6.45) is 0. The standard InChI is InChI=1S/C38H54.C30H38.C22H21N.C18H30.C14H22/c1-34(2,3)29-17-25(27-19-30(35(4,5)6)23-31(20-27)36(7,8)9)16-26(18-29)28-21-32(37(10,11)12)24-33(22-28)38(13,14)15;1-28(2,3)25-14-10-21(11-15-25)23-18-24(20-27(19-23)30(7,8)9)22-12-16-26(17-13-22)29(4,5)6;1-22(2,3)16-12-14-17(15-13-16)23-20-10-6-4-8-18(20)19-9-5-7-11-21(19)23;1-16(2,3)13-10-14(17(4,5)6)12-15(11-13)18(7,8)9;1-13(2,3)11-7-9-12(10-8-11)14(4,5)6/h16-24H,1-15H3;10-20H,1-9H3;4-15H,1-3H3;10-12H,1-9H3;7-10H,1-6H3. The van der Waals surface area contributed by atoms with Crippen LogP contribution < -0.4 is 0 Å². The minimum atomic E-state index is 0.0494. The van der Waals surface area contributed by atoms with Gasteiger partial charge in [-0.1, -0.05) is 491 Å². The lowest BCUT2D eigenvalue weighted by atomic mass is 9.76. The Hall–Kier alpha value is -8.78. The van der Waals surface area contributed by atoms with Crippen LogP contribution in [0.15, 0.2) is 237 Å². The van der Waals surface area contributed by atoms with Gasteiger partial charge in [0.2, 0.25) is 0 Å². The van der Waals surface area contributed by atoms with Crippen molar-refractivity contribution in [3.05, 3.63) is 314 Å². The Kier molecular flexibility index (Phi) is 29.4. The van der Waals surface area contributed by atoms with E-state index in [4.69, 9.17) is 0 Å². The van der Waals surface area contributed by atoms with Gasteiger partial charge >= 0.3 is 0 Å². The van der Waals surface area contributed by atoms with E-state index < -0.39 is 0 Å². The van der Waals surface area contributed by atoms with Gasteiger partial charge in [0, 0.05) is 16.5 Å². The Balaban J connectivity index is 0.000000199. The van der Waals surface area contributed by atoms with Crippen LogP contribution in [0.25, 0.3) is 72.0 Å². The highest BCUT2D eigenvalue weighted by molar-refractivity contribution is 6.09. The molecule has 0 aliphatic heterocycles. The van der Waals surface area contributed by atoms with Gasteiger partial charge in [0.1, 0.15) is 0 Å². The summed E-state index contributed by atoms with van der Waals surface area (Å²) < 4.78 is 2.36. The summed E-state index contributed by atoms with van der Waals surface area (Å²) in [5.41, 5.74) is 35.9. The number of fused-ring (bicyclic) bond motifs is 3. The maximum absolute atomic E-state index is 2.43. The molecule has 0 atom stereocenters. The van der Waals surface area contributed by atoms with Gasteiger partial charge in [-0.2, -0.15) is 0 Å². The van der Waals surface area contributed by atoms with Gasteiger partial charge in [0.15, 0.2) is 0 Å². The first-order valence-corrected chi connectivity index (χ1v) is 46.0. The third kappa shape index (κ3) is 26.7. The van der Waals surface area contributed by atoms with Gasteiger partial charge in [-0.3, -0.25) is 0 Å². The molecule has 0 fully saturated rings. The predicted octanol–water partition coefficient (Wildman–Crippen LogP) is 36.4. The highest BCUT2D eigenvalue weighted by Crippen LogP contribution is 2.44. The molecule has 0 aliphatic carbocycles. The SMILES string of the molecule is CC(C)(C)c1cc(-c2cc(C(C)(C)C)cc(C(C)(C)C)c2)cc(-c2cc(C(C)(C)C)cc(C(C)(C)C)c2)c1.CC(C)(C)c1cc(C(C)(C)C)cc(C(C)(C)C)c1.CC(C)(C)c1ccc(-c2cc(-c3ccc(C(C)(C)C)cc3)cc(C(C)(C)C)c2)cc1.CC(C)(C)c1ccc(-n2c3ccccc3c3ccccc32)cc1.CC(C)(C)c1ccc(C(C)(C)C)cc1. The summed E-state index contributed by atoms with van der Waals surface area (Å²) in [7, 11) is 0. The van der Waals surface area contributed by atoms with Crippen molar-refractivity contribution in [2.45, 2.75) is 367 Å². The van der Waals surface area contributed by atoms with Crippen LogP contribution in [0.3, 0.4) is 0 Å². The van der Waals surface area contributed by atoms with Gasteiger partial charge in [-0.05, 0) is 235 Å². The quantitative estimate of drug-likeness (QED) is 0.162. The fourth-order valence-corrected chi connectivity index (χ4v) is 15.1. The molecule has 12 aromatic rings. The Bertz CT molecular complexity index is 5130.